The molecule has 4 heteroatoms. The summed E-state index contributed by atoms with van der Waals surface area (Å²) in [5.41, 5.74) is 1.24. The van der Waals surface area contributed by atoms with Crippen molar-refractivity contribution >= 4 is 27.2 Å². The van der Waals surface area contributed by atoms with E-state index >= 15 is 0 Å². The van der Waals surface area contributed by atoms with E-state index in [1.165, 1.54) is 16.3 Å². The van der Waals surface area contributed by atoms with Gasteiger partial charge < -0.3 is 10.1 Å². The van der Waals surface area contributed by atoms with Crippen molar-refractivity contribution in [2.24, 2.45) is 0 Å². The van der Waals surface area contributed by atoms with Crippen LogP contribution in [0.4, 0.5) is 5.13 Å². The third-order valence-electron chi connectivity index (χ3n) is 2.99. The molecular weight excluding hydrogens is 256 g/mol. The van der Waals surface area contributed by atoms with E-state index in [-0.39, 0.29) is 0 Å². The Morgan fingerprint density at radius 1 is 1.16 bits per heavy atom. The van der Waals surface area contributed by atoms with E-state index in [1.54, 1.807) is 24.6 Å². The van der Waals surface area contributed by atoms with Crippen molar-refractivity contribution in [3.63, 3.8) is 0 Å². The van der Waals surface area contributed by atoms with Gasteiger partial charge in [-0.05, 0) is 34.5 Å². The molecule has 0 bridgehead atoms. The molecule has 0 saturated carbocycles. The molecule has 0 unspecified atom stereocenters. The molecule has 0 spiro atoms. The first-order valence-corrected chi connectivity index (χ1v) is 6.93. The van der Waals surface area contributed by atoms with Crippen LogP contribution in [0.15, 0.2) is 48.0 Å². The molecule has 96 valence electrons. The molecule has 1 aromatic heterocycles. The minimum Gasteiger partial charge on any atom is -0.497 e. The maximum Gasteiger partial charge on any atom is 0.182 e. The van der Waals surface area contributed by atoms with Crippen molar-refractivity contribution in [3.8, 4) is 5.75 Å². The molecule has 3 aromatic rings. The zero-order chi connectivity index (χ0) is 13.1. The molecule has 0 saturated heterocycles. The molecule has 1 heterocycles. The number of nitrogens with one attached hydrogen (secondary N) is 1. The lowest BCUT2D eigenvalue weighted by Gasteiger charge is -2.06. The fourth-order valence-electron chi connectivity index (χ4n) is 2.00. The standard InChI is InChI=1S/C15H14N2OS/c1-18-14-5-4-12-8-11(2-3-13(12)9-14)10-17-15-16-6-7-19-15/h2-9H,10H2,1H3,(H,16,17). The average molecular weight is 270 g/mol. The van der Waals surface area contributed by atoms with Crippen LogP contribution >= 0.6 is 11.3 Å². The van der Waals surface area contributed by atoms with Crippen LogP contribution in [0, 0.1) is 0 Å². The predicted molar refractivity (Wildman–Crippen MR) is 79.9 cm³/mol. The number of nitrogens with zero attached hydrogens (tertiary/aromatic N) is 1. The number of methoxy groups -OCH3 is 1. The number of fused-ring (bicyclic) bond motifs is 1. The second kappa shape index (κ2) is 5.28. The van der Waals surface area contributed by atoms with Crippen LogP contribution in [-0.2, 0) is 6.54 Å². The van der Waals surface area contributed by atoms with Crippen LogP contribution in [0.2, 0.25) is 0 Å². The number of rotatable bonds is 4. The zero-order valence-corrected chi connectivity index (χ0v) is 11.4. The summed E-state index contributed by atoms with van der Waals surface area (Å²) in [7, 11) is 1.69. The molecular formula is C15H14N2OS. The Morgan fingerprint density at radius 3 is 2.79 bits per heavy atom. The van der Waals surface area contributed by atoms with Gasteiger partial charge in [0.25, 0.3) is 0 Å². The van der Waals surface area contributed by atoms with Crippen molar-refractivity contribution in [1.29, 1.82) is 0 Å². The van der Waals surface area contributed by atoms with Crippen molar-refractivity contribution in [2.75, 3.05) is 12.4 Å². The summed E-state index contributed by atoms with van der Waals surface area (Å²) in [5.74, 6) is 0.890. The molecule has 19 heavy (non-hydrogen) atoms. The second-order valence-corrected chi connectivity index (χ2v) is 5.13. The number of benzene rings is 2. The Bertz CT molecular complexity index is 680. The van der Waals surface area contributed by atoms with Gasteiger partial charge in [0.15, 0.2) is 5.13 Å². The Hall–Kier alpha value is -2.07. The largest absolute Gasteiger partial charge is 0.497 e. The highest BCUT2D eigenvalue weighted by Gasteiger charge is 2.00. The molecule has 3 rings (SSSR count). The predicted octanol–water partition coefficient (Wildman–Crippen LogP) is 3.92. The number of hydrogen-bond acceptors (Lipinski definition) is 4. The van der Waals surface area contributed by atoms with Crippen molar-refractivity contribution in [1.82, 2.24) is 4.98 Å². The van der Waals surface area contributed by atoms with Gasteiger partial charge in [-0.1, -0.05) is 18.2 Å². The van der Waals surface area contributed by atoms with E-state index in [0.29, 0.717) is 0 Å². The Labute approximate surface area is 115 Å². The lowest BCUT2D eigenvalue weighted by molar-refractivity contribution is 0.415. The molecule has 0 atom stereocenters. The van der Waals surface area contributed by atoms with E-state index in [9.17, 15) is 0 Å². The summed E-state index contributed by atoms with van der Waals surface area (Å²) in [5, 5.41) is 8.65. The maximum atomic E-state index is 5.23. The smallest absolute Gasteiger partial charge is 0.182 e. The molecule has 1 N–H and O–H groups in total. The Kier molecular flexibility index (Phi) is 3.33. The summed E-state index contributed by atoms with van der Waals surface area (Å²) >= 11 is 1.61. The third kappa shape index (κ3) is 2.69. The first kappa shape index (κ1) is 12.0. The quantitative estimate of drug-likeness (QED) is 0.780. The number of ether oxygens (including phenoxy) is 1. The van der Waals surface area contributed by atoms with Crippen molar-refractivity contribution in [3.05, 3.63) is 53.5 Å². The summed E-state index contributed by atoms with van der Waals surface area (Å²) in [6, 6.07) is 12.6. The van der Waals surface area contributed by atoms with E-state index in [1.807, 2.05) is 17.5 Å². The first-order valence-electron chi connectivity index (χ1n) is 6.05. The SMILES string of the molecule is COc1ccc2cc(CNc3nccs3)ccc2c1. The van der Waals surface area contributed by atoms with E-state index in [0.717, 1.165) is 17.4 Å². The van der Waals surface area contributed by atoms with Gasteiger partial charge in [0, 0.05) is 18.1 Å². The summed E-state index contributed by atoms with van der Waals surface area (Å²) in [6.45, 7) is 0.787. The van der Waals surface area contributed by atoms with Gasteiger partial charge in [-0.25, -0.2) is 4.98 Å². The molecule has 3 nitrogen and oxygen atoms in total. The van der Waals surface area contributed by atoms with Gasteiger partial charge >= 0.3 is 0 Å². The molecule has 2 aromatic carbocycles. The Balaban J connectivity index is 1.81. The van der Waals surface area contributed by atoms with Gasteiger partial charge in [0.1, 0.15) is 5.75 Å². The van der Waals surface area contributed by atoms with E-state index in [4.69, 9.17) is 4.74 Å². The number of thiazole rings is 1. The Morgan fingerprint density at radius 2 is 2.00 bits per heavy atom. The van der Waals surface area contributed by atoms with Crippen LogP contribution in [0.5, 0.6) is 5.75 Å². The molecule has 0 aliphatic carbocycles. The maximum absolute atomic E-state index is 5.23. The second-order valence-electron chi connectivity index (χ2n) is 4.24. The van der Waals surface area contributed by atoms with E-state index < -0.39 is 0 Å². The fraction of sp³-hybridized carbons (Fsp3) is 0.133. The summed E-state index contributed by atoms with van der Waals surface area (Å²) in [4.78, 5) is 4.21. The summed E-state index contributed by atoms with van der Waals surface area (Å²) in [6.07, 6.45) is 1.81. The fourth-order valence-corrected chi connectivity index (χ4v) is 2.53. The molecule has 0 aliphatic rings. The molecule has 0 radical (unpaired) electrons. The van der Waals surface area contributed by atoms with Gasteiger partial charge in [-0.3, -0.25) is 0 Å². The van der Waals surface area contributed by atoms with Crippen molar-refractivity contribution in [2.45, 2.75) is 6.54 Å². The van der Waals surface area contributed by atoms with Crippen LogP contribution < -0.4 is 10.1 Å². The van der Waals surface area contributed by atoms with Crippen LogP contribution in [0.25, 0.3) is 10.8 Å². The first-order chi connectivity index (χ1) is 9.35. The average Bonchev–Trinajstić information content (AvgIpc) is 2.97. The van der Waals surface area contributed by atoms with Gasteiger partial charge in [0.2, 0.25) is 0 Å². The van der Waals surface area contributed by atoms with Crippen LogP contribution in [0.3, 0.4) is 0 Å². The zero-order valence-electron chi connectivity index (χ0n) is 10.6. The summed E-state index contributed by atoms with van der Waals surface area (Å²) < 4.78 is 5.23. The van der Waals surface area contributed by atoms with Gasteiger partial charge in [-0.15, -0.1) is 11.3 Å². The minimum absolute atomic E-state index is 0.787. The molecule has 0 fully saturated rings. The highest BCUT2D eigenvalue weighted by atomic mass is 32.1. The molecule has 0 aliphatic heterocycles. The topological polar surface area (TPSA) is 34.1 Å². The van der Waals surface area contributed by atoms with Gasteiger partial charge in [-0.2, -0.15) is 0 Å². The van der Waals surface area contributed by atoms with Gasteiger partial charge in [0.05, 0.1) is 7.11 Å². The highest BCUT2D eigenvalue weighted by Crippen LogP contribution is 2.22. The van der Waals surface area contributed by atoms with Crippen molar-refractivity contribution < 1.29 is 4.74 Å². The highest BCUT2D eigenvalue weighted by molar-refractivity contribution is 7.13. The molecule has 0 amide bonds. The lowest BCUT2D eigenvalue weighted by atomic mass is 10.1. The minimum atomic E-state index is 0.787. The number of anilines is 1. The monoisotopic (exact) mass is 270 g/mol. The van der Waals surface area contributed by atoms with Crippen LogP contribution in [0.1, 0.15) is 5.56 Å². The normalized spacial score (nSPS) is 10.6. The van der Waals surface area contributed by atoms with E-state index in [2.05, 4.69) is 34.6 Å². The number of hydrogen-bond donors (Lipinski definition) is 1. The number of aromatic nitrogens is 1. The van der Waals surface area contributed by atoms with Crippen LogP contribution in [-0.4, -0.2) is 12.1 Å². The lowest BCUT2D eigenvalue weighted by Crippen LogP contribution is -1.98. The third-order valence-corrected chi connectivity index (χ3v) is 3.72.